The number of hydrogen-bond acceptors (Lipinski definition) is 3. The fourth-order valence-electron chi connectivity index (χ4n) is 1.87. The van der Waals surface area contributed by atoms with Gasteiger partial charge >= 0.3 is 6.18 Å². The van der Waals surface area contributed by atoms with Crippen molar-refractivity contribution in [1.82, 2.24) is 4.98 Å². The molecule has 0 fully saturated rings. The second kappa shape index (κ2) is 5.21. The summed E-state index contributed by atoms with van der Waals surface area (Å²) in [5, 5.41) is 11.9. The van der Waals surface area contributed by atoms with Crippen molar-refractivity contribution in [2.24, 2.45) is 0 Å². The van der Waals surface area contributed by atoms with Crippen LogP contribution < -0.4 is 5.32 Å². The molecular formula is C14H10F3N3. The van der Waals surface area contributed by atoms with Crippen molar-refractivity contribution in [3.8, 4) is 17.2 Å². The van der Waals surface area contributed by atoms with Crippen LogP contribution in [0.4, 0.5) is 19.0 Å². The largest absolute Gasteiger partial charge is 0.416 e. The average molecular weight is 277 g/mol. The summed E-state index contributed by atoms with van der Waals surface area (Å²) in [6.07, 6.45) is -2.97. The first-order valence-electron chi connectivity index (χ1n) is 5.72. The monoisotopic (exact) mass is 277 g/mol. The van der Waals surface area contributed by atoms with Crippen LogP contribution in [0.5, 0.6) is 0 Å². The van der Waals surface area contributed by atoms with Crippen LogP contribution in [0.3, 0.4) is 0 Å². The molecule has 20 heavy (non-hydrogen) atoms. The van der Waals surface area contributed by atoms with Crippen LogP contribution in [0.15, 0.2) is 36.5 Å². The molecule has 0 aliphatic heterocycles. The molecule has 2 rings (SSSR count). The molecule has 1 aromatic carbocycles. The quantitative estimate of drug-likeness (QED) is 0.910. The zero-order valence-corrected chi connectivity index (χ0v) is 10.5. The fourth-order valence-corrected chi connectivity index (χ4v) is 1.87. The molecule has 0 saturated heterocycles. The van der Waals surface area contributed by atoms with Gasteiger partial charge in [-0.15, -0.1) is 0 Å². The van der Waals surface area contributed by atoms with E-state index in [9.17, 15) is 13.2 Å². The van der Waals surface area contributed by atoms with Crippen LogP contribution in [0, 0.1) is 11.3 Å². The van der Waals surface area contributed by atoms with E-state index in [-0.39, 0.29) is 5.56 Å². The molecule has 6 heteroatoms. The van der Waals surface area contributed by atoms with Gasteiger partial charge in [0.25, 0.3) is 0 Å². The number of rotatable bonds is 2. The molecule has 0 unspecified atom stereocenters. The SMILES string of the molecule is CNc1nccc(-c2cccc(C(F)(F)F)c2)c1C#N. The summed E-state index contributed by atoms with van der Waals surface area (Å²) in [6, 6.07) is 8.36. The highest BCUT2D eigenvalue weighted by atomic mass is 19.4. The van der Waals surface area contributed by atoms with E-state index in [0.29, 0.717) is 16.9 Å². The lowest BCUT2D eigenvalue weighted by molar-refractivity contribution is -0.137. The van der Waals surface area contributed by atoms with E-state index in [0.717, 1.165) is 12.1 Å². The van der Waals surface area contributed by atoms with Gasteiger partial charge in [0.2, 0.25) is 0 Å². The maximum atomic E-state index is 12.7. The molecule has 1 heterocycles. The van der Waals surface area contributed by atoms with Crippen LogP contribution in [-0.2, 0) is 6.18 Å². The van der Waals surface area contributed by atoms with Crippen LogP contribution in [-0.4, -0.2) is 12.0 Å². The Labute approximate surface area is 113 Å². The van der Waals surface area contributed by atoms with Crippen LogP contribution >= 0.6 is 0 Å². The molecule has 1 aromatic heterocycles. The highest BCUT2D eigenvalue weighted by molar-refractivity contribution is 5.76. The van der Waals surface area contributed by atoms with Gasteiger partial charge in [-0.2, -0.15) is 18.4 Å². The lowest BCUT2D eigenvalue weighted by atomic mass is 9.99. The van der Waals surface area contributed by atoms with Gasteiger partial charge in [-0.1, -0.05) is 12.1 Å². The van der Waals surface area contributed by atoms with E-state index in [2.05, 4.69) is 10.3 Å². The summed E-state index contributed by atoms with van der Waals surface area (Å²) in [5.41, 5.74) is 0.212. The van der Waals surface area contributed by atoms with Crippen molar-refractivity contribution in [1.29, 1.82) is 5.26 Å². The van der Waals surface area contributed by atoms with E-state index in [1.165, 1.54) is 24.4 Å². The Kier molecular flexibility index (Phi) is 3.61. The molecule has 0 amide bonds. The number of nitrogens with zero attached hydrogens (tertiary/aromatic N) is 2. The van der Waals surface area contributed by atoms with Crippen molar-refractivity contribution in [3.05, 3.63) is 47.7 Å². The summed E-state index contributed by atoms with van der Waals surface area (Å²) >= 11 is 0. The Morgan fingerprint density at radius 2 is 2.00 bits per heavy atom. The van der Waals surface area contributed by atoms with E-state index in [1.54, 1.807) is 7.05 Å². The first kappa shape index (κ1) is 13.9. The molecule has 0 bridgehead atoms. The highest BCUT2D eigenvalue weighted by Gasteiger charge is 2.30. The third-order valence-corrected chi connectivity index (χ3v) is 2.80. The second-order valence-corrected chi connectivity index (χ2v) is 4.02. The maximum Gasteiger partial charge on any atom is 0.416 e. The van der Waals surface area contributed by atoms with Gasteiger partial charge in [-0.25, -0.2) is 4.98 Å². The molecule has 0 radical (unpaired) electrons. The molecule has 102 valence electrons. The summed E-state index contributed by atoms with van der Waals surface area (Å²) in [6.45, 7) is 0. The van der Waals surface area contributed by atoms with E-state index >= 15 is 0 Å². The fraction of sp³-hybridized carbons (Fsp3) is 0.143. The summed E-state index contributed by atoms with van der Waals surface area (Å²) in [5.74, 6) is 0.336. The summed E-state index contributed by atoms with van der Waals surface area (Å²) in [7, 11) is 1.60. The number of benzene rings is 1. The molecule has 2 aromatic rings. The molecule has 0 atom stereocenters. The third kappa shape index (κ3) is 2.57. The molecule has 0 aliphatic carbocycles. The number of pyridine rings is 1. The Morgan fingerprint density at radius 3 is 2.60 bits per heavy atom. The van der Waals surface area contributed by atoms with Gasteiger partial charge in [-0.3, -0.25) is 0 Å². The second-order valence-electron chi connectivity index (χ2n) is 4.02. The van der Waals surface area contributed by atoms with E-state index < -0.39 is 11.7 Å². The van der Waals surface area contributed by atoms with E-state index in [1.807, 2.05) is 6.07 Å². The smallest absolute Gasteiger partial charge is 0.372 e. The minimum absolute atomic E-state index is 0.217. The van der Waals surface area contributed by atoms with Crippen molar-refractivity contribution in [3.63, 3.8) is 0 Å². The highest BCUT2D eigenvalue weighted by Crippen LogP contribution is 2.33. The number of nitrogens with one attached hydrogen (secondary N) is 1. The molecular weight excluding hydrogens is 267 g/mol. The lowest BCUT2D eigenvalue weighted by Gasteiger charge is -2.11. The van der Waals surface area contributed by atoms with Crippen LogP contribution in [0.2, 0.25) is 0 Å². The van der Waals surface area contributed by atoms with Gasteiger partial charge in [0.05, 0.1) is 5.56 Å². The van der Waals surface area contributed by atoms with Crippen molar-refractivity contribution < 1.29 is 13.2 Å². The van der Waals surface area contributed by atoms with Crippen LogP contribution in [0.1, 0.15) is 11.1 Å². The number of nitriles is 1. The normalized spacial score (nSPS) is 10.9. The standard InChI is InChI=1S/C14H10F3N3/c1-19-13-12(8-18)11(5-6-20-13)9-3-2-4-10(7-9)14(15,16)17/h2-7H,1H3,(H,19,20). The van der Waals surface area contributed by atoms with E-state index in [4.69, 9.17) is 5.26 Å². The van der Waals surface area contributed by atoms with Crippen LogP contribution in [0.25, 0.3) is 11.1 Å². The summed E-state index contributed by atoms with van der Waals surface area (Å²) < 4.78 is 38.2. The average Bonchev–Trinajstić information content (AvgIpc) is 2.45. The first-order chi connectivity index (χ1) is 9.47. The molecule has 1 N–H and O–H groups in total. The number of halogens is 3. The van der Waals surface area contributed by atoms with Gasteiger partial charge in [-0.05, 0) is 23.8 Å². The Balaban J connectivity index is 2.61. The summed E-state index contributed by atoms with van der Waals surface area (Å²) in [4.78, 5) is 3.97. The van der Waals surface area contributed by atoms with Crippen molar-refractivity contribution in [2.75, 3.05) is 12.4 Å². The number of aromatic nitrogens is 1. The molecule has 0 saturated carbocycles. The number of alkyl halides is 3. The van der Waals surface area contributed by atoms with Crippen molar-refractivity contribution in [2.45, 2.75) is 6.18 Å². The Bertz CT molecular complexity index is 672. The third-order valence-electron chi connectivity index (χ3n) is 2.80. The van der Waals surface area contributed by atoms with Gasteiger partial charge in [0.1, 0.15) is 17.5 Å². The predicted octanol–water partition coefficient (Wildman–Crippen LogP) is 3.68. The zero-order valence-electron chi connectivity index (χ0n) is 10.5. The Hall–Kier alpha value is -2.55. The van der Waals surface area contributed by atoms with Gasteiger partial charge < -0.3 is 5.32 Å². The zero-order chi connectivity index (χ0) is 14.8. The predicted molar refractivity (Wildman–Crippen MR) is 68.9 cm³/mol. The number of anilines is 1. The Morgan fingerprint density at radius 1 is 1.25 bits per heavy atom. The minimum Gasteiger partial charge on any atom is -0.372 e. The lowest BCUT2D eigenvalue weighted by Crippen LogP contribution is -2.05. The van der Waals surface area contributed by atoms with Gasteiger partial charge in [0.15, 0.2) is 0 Å². The molecule has 3 nitrogen and oxygen atoms in total. The van der Waals surface area contributed by atoms with Gasteiger partial charge in [0, 0.05) is 18.8 Å². The topological polar surface area (TPSA) is 48.7 Å². The first-order valence-corrected chi connectivity index (χ1v) is 5.72. The molecule has 0 spiro atoms. The minimum atomic E-state index is -4.41. The van der Waals surface area contributed by atoms with Crippen molar-refractivity contribution >= 4 is 5.82 Å². The maximum absolute atomic E-state index is 12.7. The molecule has 0 aliphatic rings. The number of hydrogen-bond donors (Lipinski definition) is 1.